The second kappa shape index (κ2) is 5.36. The second-order valence-electron chi connectivity index (χ2n) is 5.55. The number of rotatable bonds is 2. The van der Waals surface area contributed by atoms with Gasteiger partial charge in [0.15, 0.2) is 0 Å². The Morgan fingerprint density at radius 1 is 1.45 bits per heavy atom. The lowest BCUT2D eigenvalue weighted by molar-refractivity contribution is 0.0759. The van der Waals surface area contributed by atoms with Crippen LogP contribution < -0.4 is 5.56 Å². The monoisotopic (exact) mass is 279 g/mol. The average molecular weight is 279 g/mol. The molecule has 1 aliphatic heterocycles. The molecule has 0 radical (unpaired) electrons. The molecule has 6 nitrogen and oxygen atoms in total. The summed E-state index contributed by atoms with van der Waals surface area (Å²) < 4.78 is 1.21. The molecule has 0 aliphatic carbocycles. The minimum Gasteiger partial charge on any atom is -0.393 e. The summed E-state index contributed by atoms with van der Waals surface area (Å²) in [6.07, 6.45) is 0.336. The standard InChI is InChI=1S/C14H21N3O3/c1-8-9(2)15-16(4)13(19)12(8)14(20)17-6-5-11(7-17)10(3)18/h10-11,18H,5-7H2,1-4H3. The van der Waals surface area contributed by atoms with Crippen LogP contribution in [0.3, 0.4) is 0 Å². The van der Waals surface area contributed by atoms with Gasteiger partial charge in [0.2, 0.25) is 0 Å². The zero-order valence-corrected chi connectivity index (χ0v) is 12.4. The van der Waals surface area contributed by atoms with E-state index in [1.54, 1.807) is 32.7 Å². The number of nitrogens with zero attached hydrogens (tertiary/aromatic N) is 3. The minimum atomic E-state index is -0.434. The maximum Gasteiger partial charge on any atom is 0.279 e. The molecule has 1 amide bonds. The SMILES string of the molecule is Cc1nn(C)c(=O)c(C(=O)N2CCC(C(C)O)C2)c1C. The van der Waals surface area contributed by atoms with Gasteiger partial charge in [-0.3, -0.25) is 9.59 Å². The summed E-state index contributed by atoms with van der Waals surface area (Å²) >= 11 is 0. The van der Waals surface area contributed by atoms with Crippen molar-refractivity contribution in [3.05, 3.63) is 27.2 Å². The Hall–Kier alpha value is -1.69. The highest BCUT2D eigenvalue weighted by Crippen LogP contribution is 2.21. The molecule has 6 heteroatoms. The van der Waals surface area contributed by atoms with Crippen LogP contribution in [0.2, 0.25) is 0 Å². The van der Waals surface area contributed by atoms with E-state index in [2.05, 4.69) is 5.10 Å². The second-order valence-corrected chi connectivity index (χ2v) is 5.55. The van der Waals surface area contributed by atoms with Crippen LogP contribution in [0, 0.1) is 19.8 Å². The molecular formula is C14H21N3O3. The third kappa shape index (κ3) is 2.47. The van der Waals surface area contributed by atoms with Crippen LogP contribution in [0.15, 0.2) is 4.79 Å². The first-order valence-electron chi connectivity index (χ1n) is 6.84. The van der Waals surface area contributed by atoms with Crippen molar-refractivity contribution < 1.29 is 9.90 Å². The molecule has 2 unspecified atom stereocenters. The summed E-state index contributed by atoms with van der Waals surface area (Å²) in [4.78, 5) is 26.4. The molecule has 1 aliphatic rings. The lowest BCUT2D eigenvalue weighted by atomic mass is 10.0. The van der Waals surface area contributed by atoms with Gasteiger partial charge < -0.3 is 10.0 Å². The van der Waals surface area contributed by atoms with Crippen LogP contribution in [-0.2, 0) is 7.05 Å². The number of carbonyl (C=O) groups is 1. The van der Waals surface area contributed by atoms with E-state index in [0.29, 0.717) is 24.3 Å². The first-order valence-corrected chi connectivity index (χ1v) is 6.84. The predicted molar refractivity (Wildman–Crippen MR) is 74.6 cm³/mol. The summed E-state index contributed by atoms with van der Waals surface area (Å²) in [6, 6.07) is 0. The smallest absolute Gasteiger partial charge is 0.279 e. The van der Waals surface area contributed by atoms with Gasteiger partial charge in [-0.25, -0.2) is 4.68 Å². The van der Waals surface area contributed by atoms with Gasteiger partial charge in [0.25, 0.3) is 11.5 Å². The van der Waals surface area contributed by atoms with Gasteiger partial charge in [-0.05, 0) is 32.8 Å². The third-order valence-electron chi connectivity index (χ3n) is 4.13. The number of carbonyl (C=O) groups excluding carboxylic acids is 1. The lowest BCUT2D eigenvalue weighted by Gasteiger charge is -2.19. The molecule has 0 spiro atoms. The number of aliphatic hydroxyl groups excluding tert-OH is 1. The molecule has 0 saturated carbocycles. The molecule has 2 heterocycles. The summed E-state index contributed by atoms with van der Waals surface area (Å²) in [5.74, 6) is -0.164. The normalized spacial score (nSPS) is 20.2. The molecule has 110 valence electrons. The van der Waals surface area contributed by atoms with Gasteiger partial charge >= 0.3 is 0 Å². The van der Waals surface area contributed by atoms with Crippen molar-refractivity contribution >= 4 is 5.91 Å². The van der Waals surface area contributed by atoms with Crippen molar-refractivity contribution in [1.29, 1.82) is 0 Å². The quantitative estimate of drug-likeness (QED) is 0.841. The summed E-state index contributed by atoms with van der Waals surface area (Å²) in [7, 11) is 1.55. The largest absolute Gasteiger partial charge is 0.393 e. The van der Waals surface area contributed by atoms with E-state index in [1.807, 2.05) is 0 Å². The van der Waals surface area contributed by atoms with Crippen molar-refractivity contribution in [2.75, 3.05) is 13.1 Å². The van der Waals surface area contributed by atoms with E-state index in [0.717, 1.165) is 6.42 Å². The number of aliphatic hydroxyl groups is 1. The number of hydrogen-bond donors (Lipinski definition) is 1. The Morgan fingerprint density at radius 2 is 2.10 bits per heavy atom. The van der Waals surface area contributed by atoms with Gasteiger partial charge in [-0.2, -0.15) is 5.10 Å². The fraction of sp³-hybridized carbons (Fsp3) is 0.643. The van der Waals surface area contributed by atoms with Crippen LogP contribution in [0.5, 0.6) is 0 Å². The summed E-state index contributed by atoms with van der Waals surface area (Å²) in [6.45, 7) is 6.35. The zero-order valence-electron chi connectivity index (χ0n) is 12.4. The van der Waals surface area contributed by atoms with E-state index in [-0.39, 0.29) is 22.9 Å². The third-order valence-corrected chi connectivity index (χ3v) is 4.13. The minimum absolute atomic E-state index is 0.0889. The van der Waals surface area contributed by atoms with Crippen molar-refractivity contribution in [3.63, 3.8) is 0 Å². The Morgan fingerprint density at radius 3 is 2.65 bits per heavy atom. The highest BCUT2D eigenvalue weighted by molar-refractivity contribution is 5.95. The number of aryl methyl sites for hydroxylation is 2. The van der Waals surface area contributed by atoms with Crippen LogP contribution in [-0.4, -0.2) is 44.9 Å². The van der Waals surface area contributed by atoms with E-state index in [4.69, 9.17) is 0 Å². The molecule has 1 aromatic rings. The molecular weight excluding hydrogens is 258 g/mol. The fourth-order valence-electron chi connectivity index (χ4n) is 2.62. The van der Waals surface area contributed by atoms with Crippen LogP contribution >= 0.6 is 0 Å². The van der Waals surface area contributed by atoms with Crippen molar-refractivity contribution in [2.45, 2.75) is 33.3 Å². The molecule has 2 atom stereocenters. The molecule has 20 heavy (non-hydrogen) atoms. The molecule has 0 aromatic carbocycles. The van der Waals surface area contributed by atoms with Gasteiger partial charge in [0.1, 0.15) is 5.56 Å². The molecule has 1 fully saturated rings. The van der Waals surface area contributed by atoms with E-state index < -0.39 is 6.10 Å². The molecule has 0 bridgehead atoms. The van der Waals surface area contributed by atoms with Crippen molar-refractivity contribution in [2.24, 2.45) is 13.0 Å². The fourth-order valence-corrected chi connectivity index (χ4v) is 2.62. The Kier molecular flexibility index (Phi) is 3.94. The number of aromatic nitrogens is 2. The first-order chi connectivity index (χ1) is 9.32. The molecule has 1 N–H and O–H groups in total. The molecule has 1 saturated heterocycles. The van der Waals surface area contributed by atoms with Gasteiger partial charge in [0, 0.05) is 26.1 Å². The number of hydrogen-bond acceptors (Lipinski definition) is 4. The van der Waals surface area contributed by atoms with Crippen LogP contribution in [0.1, 0.15) is 35.0 Å². The first kappa shape index (κ1) is 14.7. The maximum absolute atomic E-state index is 12.6. The molecule has 1 aromatic heterocycles. The average Bonchev–Trinajstić information content (AvgIpc) is 2.86. The van der Waals surface area contributed by atoms with E-state index >= 15 is 0 Å². The maximum atomic E-state index is 12.6. The lowest BCUT2D eigenvalue weighted by Crippen LogP contribution is -2.37. The molecule has 2 rings (SSSR count). The zero-order chi connectivity index (χ0) is 15.0. The number of amides is 1. The summed E-state index contributed by atoms with van der Waals surface area (Å²) in [5.41, 5.74) is 1.16. The Bertz CT molecular complexity index is 592. The highest BCUT2D eigenvalue weighted by atomic mass is 16.3. The highest BCUT2D eigenvalue weighted by Gasteiger charge is 2.31. The topological polar surface area (TPSA) is 75.4 Å². The predicted octanol–water partition coefficient (Wildman–Crippen LogP) is 0.240. The van der Waals surface area contributed by atoms with Crippen LogP contribution in [0.25, 0.3) is 0 Å². The summed E-state index contributed by atoms with van der Waals surface area (Å²) in [5, 5.41) is 13.7. The van der Waals surface area contributed by atoms with E-state index in [1.165, 1.54) is 4.68 Å². The van der Waals surface area contributed by atoms with Crippen LogP contribution in [0.4, 0.5) is 0 Å². The Labute approximate surface area is 118 Å². The Balaban J connectivity index is 2.34. The van der Waals surface area contributed by atoms with Gasteiger partial charge in [0.05, 0.1) is 11.8 Å². The van der Waals surface area contributed by atoms with Gasteiger partial charge in [-0.1, -0.05) is 0 Å². The van der Waals surface area contributed by atoms with Crippen molar-refractivity contribution in [1.82, 2.24) is 14.7 Å². The number of likely N-dealkylation sites (tertiary alicyclic amines) is 1. The van der Waals surface area contributed by atoms with Crippen molar-refractivity contribution in [3.8, 4) is 0 Å². The van der Waals surface area contributed by atoms with Gasteiger partial charge in [-0.15, -0.1) is 0 Å². The van der Waals surface area contributed by atoms with E-state index in [9.17, 15) is 14.7 Å².